The van der Waals surface area contributed by atoms with E-state index in [9.17, 15) is 0 Å². The molecule has 2 nitrogen and oxygen atoms in total. The van der Waals surface area contributed by atoms with Gasteiger partial charge in [0, 0.05) is 28.9 Å². The largest absolute Gasteiger partial charge is 0.308 e. The van der Waals surface area contributed by atoms with Gasteiger partial charge in [0.25, 0.3) is 0 Å². The van der Waals surface area contributed by atoms with Crippen molar-refractivity contribution >= 4 is 23.1 Å². The minimum atomic E-state index is 0.691. The second-order valence-corrected chi connectivity index (χ2v) is 6.13. The molecule has 1 fully saturated rings. The summed E-state index contributed by atoms with van der Waals surface area (Å²) in [5.41, 5.74) is 1.90. The second-order valence-electron chi connectivity index (χ2n) is 3.67. The molecule has 14 heavy (non-hydrogen) atoms. The highest BCUT2D eigenvalue weighted by Gasteiger charge is 2.20. The molecule has 4 heteroatoms. The summed E-state index contributed by atoms with van der Waals surface area (Å²) in [4.78, 5) is 5.42. The fourth-order valence-electron chi connectivity index (χ4n) is 1.75. The van der Waals surface area contributed by atoms with Crippen LogP contribution in [-0.2, 0) is 6.54 Å². The molecule has 2 unspecified atom stereocenters. The molecule has 0 aromatic carbocycles. The van der Waals surface area contributed by atoms with Crippen LogP contribution >= 0.6 is 23.1 Å². The molecule has 0 radical (unpaired) electrons. The highest BCUT2D eigenvalue weighted by molar-refractivity contribution is 7.99. The Hall–Kier alpha value is -0.0600. The molecule has 0 spiro atoms. The van der Waals surface area contributed by atoms with Gasteiger partial charge in [-0.25, -0.2) is 0 Å². The van der Waals surface area contributed by atoms with E-state index < -0.39 is 0 Å². The molecule has 0 aliphatic carbocycles. The maximum absolute atomic E-state index is 4.08. The summed E-state index contributed by atoms with van der Waals surface area (Å²) >= 11 is 3.82. The Morgan fingerprint density at radius 2 is 2.57 bits per heavy atom. The van der Waals surface area contributed by atoms with Crippen LogP contribution in [0.15, 0.2) is 11.7 Å². The summed E-state index contributed by atoms with van der Waals surface area (Å²) in [6.07, 6.45) is 4.64. The first-order chi connectivity index (χ1) is 6.86. The van der Waals surface area contributed by atoms with Crippen LogP contribution in [0.1, 0.15) is 24.6 Å². The first-order valence-electron chi connectivity index (χ1n) is 5.08. The maximum atomic E-state index is 4.08. The minimum absolute atomic E-state index is 0.691. The lowest BCUT2D eigenvalue weighted by Gasteiger charge is -2.29. The zero-order chi connectivity index (χ0) is 9.80. The quantitative estimate of drug-likeness (QED) is 0.860. The third-order valence-electron chi connectivity index (χ3n) is 2.63. The van der Waals surface area contributed by atoms with Gasteiger partial charge in [-0.05, 0) is 18.6 Å². The highest BCUT2D eigenvalue weighted by Crippen LogP contribution is 2.25. The van der Waals surface area contributed by atoms with Crippen LogP contribution in [0.5, 0.6) is 0 Å². The van der Waals surface area contributed by atoms with Gasteiger partial charge in [0.1, 0.15) is 0 Å². The third kappa shape index (κ3) is 2.72. The topological polar surface area (TPSA) is 24.9 Å². The van der Waals surface area contributed by atoms with E-state index in [4.69, 9.17) is 0 Å². The summed E-state index contributed by atoms with van der Waals surface area (Å²) in [5.74, 6) is 1.33. The van der Waals surface area contributed by atoms with Gasteiger partial charge < -0.3 is 5.32 Å². The molecule has 2 rings (SSSR count). The van der Waals surface area contributed by atoms with Gasteiger partial charge in [-0.3, -0.25) is 4.98 Å². The number of nitrogens with one attached hydrogen (secondary N) is 1. The van der Waals surface area contributed by atoms with Crippen molar-refractivity contribution < 1.29 is 0 Å². The lowest BCUT2D eigenvalue weighted by atomic mass is 10.1. The summed E-state index contributed by atoms with van der Waals surface area (Å²) in [5, 5.41) is 4.38. The van der Waals surface area contributed by atoms with Gasteiger partial charge in [-0.15, -0.1) is 11.3 Å². The van der Waals surface area contributed by atoms with E-state index in [1.165, 1.54) is 23.5 Å². The van der Waals surface area contributed by atoms with Crippen LogP contribution in [0.2, 0.25) is 0 Å². The SMILES string of the molecule is CC1SCCCC1NCc1cncs1. The van der Waals surface area contributed by atoms with Crippen molar-refractivity contribution in [2.45, 2.75) is 37.6 Å². The predicted octanol–water partition coefficient (Wildman–Crippen LogP) is 2.52. The van der Waals surface area contributed by atoms with Crippen molar-refractivity contribution in [3.05, 3.63) is 16.6 Å². The first kappa shape index (κ1) is 10.5. The van der Waals surface area contributed by atoms with Gasteiger partial charge in [0.2, 0.25) is 0 Å². The number of aromatic nitrogens is 1. The molecule has 0 bridgehead atoms. The van der Waals surface area contributed by atoms with Crippen molar-refractivity contribution in [1.29, 1.82) is 0 Å². The number of nitrogens with zero attached hydrogens (tertiary/aromatic N) is 1. The van der Waals surface area contributed by atoms with Gasteiger partial charge in [-0.1, -0.05) is 6.92 Å². The van der Waals surface area contributed by atoms with Gasteiger partial charge in [0.05, 0.1) is 5.51 Å². The molecule has 1 aromatic heterocycles. The number of thiazole rings is 1. The van der Waals surface area contributed by atoms with Crippen molar-refractivity contribution in [2.24, 2.45) is 0 Å². The van der Waals surface area contributed by atoms with Gasteiger partial charge >= 0.3 is 0 Å². The molecule has 1 aromatic rings. The summed E-state index contributed by atoms with van der Waals surface area (Å²) in [6, 6.07) is 0.691. The average Bonchev–Trinajstić information content (AvgIpc) is 2.69. The Balaban J connectivity index is 1.79. The van der Waals surface area contributed by atoms with Crippen LogP contribution in [0.3, 0.4) is 0 Å². The molecular formula is C10H16N2S2. The zero-order valence-corrected chi connectivity index (χ0v) is 10.0. The van der Waals surface area contributed by atoms with E-state index in [0.717, 1.165) is 11.8 Å². The predicted molar refractivity (Wildman–Crippen MR) is 63.9 cm³/mol. The van der Waals surface area contributed by atoms with Crippen LogP contribution in [0, 0.1) is 0 Å². The van der Waals surface area contributed by atoms with Crippen molar-refractivity contribution in [2.75, 3.05) is 5.75 Å². The van der Waals surface area contributed by atoms with Gasteiger partial charge in [0.15, 0.2) is 0 Å². The first-order valence-corrected chi connectivity index (χ1v) is 7.01. The van der Waals surface area contributed by atoms with Crippen molar-refractivity contribution in [1.82, 2.24) is 10.3 Å². The zero-order valence-electron chi connectivity index (χ0n) is 8.40. The van der Waals surface area contributed by atoms with Crippen LogP contribution in [-0.4, -0.2) is 22.0 Å². The summed E-state index contributed by atoms with van der Waals surface area (Å²) in [7, 11) is 0. The normalized spacial score (nSPS) is 27.8. The van der Waals surface area contributed by atoms with E-state index >= 15 is 0 Å². The Morgan fingerprint density at radius 3 is 3.29 bits per heavy atom. The molecule has 2 atom stereocenters. The van der Waals surface area contributed by atoms with E-state index in [1.807, 2.05) is 11.7 Å². The average molecular weight is 228 g/mol. The lowest BCUT2D eigenvalue weighted by molar-refractivity contribution is 0.464. The molecule has 0 saturated carbocycles. The number of thioether (sulfide) groups is 1. The lowest BCUT2D eigenvalue weighted by Crippen LogP contribution is -2.38. The smallest absolute Gasteiger partial charge is 0.0794 e. The molecule has 1 aliphatic heterocycles. The minimum Gasteiger partial charge on any atom is -0.308 e. The molecule has 1 aliphatic rings. The van der Waals surface area contributed by atoms with Crippen molar-refractivity contribution in [3.63, 3.8) is 0 Å². The van der Waals surface area contributed by atoms with E-state index in [-0.39, 0.29) is 0 Å². The Labute approximate surface area is 93.5 Å². The second kappa shape index (κ2) is 5.14. The third-order valence-corrected chi connectivity index (χ3v) is 4.79. The Kier molecular flexibility index (Phi) is 3.84. The number of hydrogen-bond acceptors (Lipinski definition) is 4. The monoisotopic (exact) mass is 228 g/mol. The van der Waals surface area contributed by atoms with Crippen molar-refractivity contribution in [3.8, 4) is 0 Å². The fourth-order valence-corrected chi connectivity index (χ4v) is 3.47. The molecule has 78 valence electrons. The molecular weight excluding hydrogens is 212 g/mol. The van der Waals surface area contributed by atoms with Gasteiger partial charge in [-0.2, -0.15) is 11.8 Å². The van der Waals surface area contributed by atoms with E-state index in [1.54, 1.807) is 11.3 Å². The molecule has 1 saturated heterocycles. The maximum Gasteiger partial charge on any atom is 0.0794 e. The van der Waals surface area contributed by atoms with Crippen LogP contribution in [0.4, 0.5) is 0 Å². The summed E-state index contributed by atoms with van der Waals surface area (Å²) in [6.45, 7) is 3.31. The fraction of sp³-hybridized carbons (Fsp3) is 0.700. The molecule has 1 N–H and O–H groups in total. The number of hydrogen-bond donors (Lipinski definition) is 1. The standard InChI is InChI=1S/C10H16N2S2/c1-8-10(3-2-4-13-8)12-6-9-5-11-7-14-9/h5,7-8,10,12H,2-4,6H2,1H3. The Morgan fingerprint density at radius 1 is 1.64 bits per heavy atom. The molecule has 0 amide bonds. The van der Waals surface area contributed by atoms with Crippen LogP contribution < -0.4 is 5.32 Å². The van der Waals surface area contributed by atoms with E-state index in [0.29, 0.717) is 6.04 Å². The molecule has 2 heterocycles. The Bertz CT molecular complexity index is 261. The van der Waals surface area contributed by atoms with E-state index in [2.05, 4.69) is 29.0 Å². The number of rotatable bonds is 3. The highest BCUT2D eigenvalue weighted by atomic mass is 32.2. The summed E-state index contributed by atoms with van der Waals surface area (Å²) < 4.78 is 0. The van der Waals surface area contributed by atoms with Crippen LogP contribution in [0.25, 0.3) is 0 Å².